The molecule has 1 saturated heterocycles. The Balaban J connectivity index is 1.73. The van der Waals surface area contributed by atoms with Gasteiger partial charge >= 0.3 is 0 Å². The molecule has 3 heterocycles. The molecule has 0 spiro atoms. The van der Waals surface area contributed by atoms with Gasteiger partial charge in [-0.1, -0.05) is 6.42 Å². The van der Waals surface area contributed by atoms with Gasteiger partial charge in [-0.15, -0.1) is 0 Å². The van der Waals surface area contributed by atoms with Crippen LogP contribution in [0.5, 0.6) is 0 Å². The summed E-state index contributed by atoms with van der Waals surface area (Å²) >= 11 is 0. The smallest absolute Gasteiger partial charge is 0.211 e. The first kappa shape index (κ1) is 18.0. The van der Waals surface area contributed by atoms with Crippen LogP contribution in [0.2, 0.25) is 0 Å². The number of rotatable bonds is 5. The van der Waals surface area contributed by atoms with Crippen LogP contribution in [-0.4, -0.2) is 53.1 Å². The van der Waals surface area contributed by atoms with Gasteiger partial charge in [0.1, 0.15) is 12.1 Å². The van der Waals surface area contributed by atoms with Crippen molar-refractivity contribution in [1.29, 1.82) is 0 Å². The van der Waals surface area contributed by atoms with Crippen LogP contribution in [0.4, 0.5) is 5.82 Å². The van der Waals surface area contributed by atoms with E-state index in [1.54, 1.807) is 4.31 Å². The highest BCUT2D eigenvalue weighted by atomic mass is 32.2. The lowest BCUT2D eigenvalue weighted by molar-refractivity contribution is 0.246. The molecule has 0 radical (unpaired) electrons. The zero-order valence-corrected chi connectivity index (χ0v) is 15.8. The Labute approximate surface area is 148 Å². The van der Waals surface area contributed by atoms with E-state index in [9.17, 15) is 8.42 Å². The predicted octanol–water partition coefficient (Wildman–Crippen LogP) is 2.26. The van der Waals surface area contributed by atoms with Gasteiger partial charge < -0.3 is 5.32 Å². The summed E-state index contributed by atoms with van der Waals surface area (Å²) in [5.41, 5.74) is 2.70. The Morgan fingerprint density at radius 2 is 2.08 bits per heavy atom. The zero-order chi connectivity index (χ0) is 18.0. The van der Waals surface area contributed by atoms with Crippen molar-refractivity contribution in [3.8, 4) is 0 Å². The van der Waals surface area contributed by atoms with Crippen molar-refractivity contribution in [3.05, 3.63) is 23.7 Å². The summed E-state index contributed by atoms with van der Waals surface area (Å²) in [6.07, 6.45) is 6.51. The van der Waals surface area contributed by atoms with Crippen LogP contribution in [0, 0.1) is 13.8 Å². The fourth-order valence-corrected chi connectivity index (χ4v) is 4.81. The van der Waals surface area contributed by atoms with Gasteiger partial charge in [-0.25, -0.2) is 23.4 Å². The highest BCUT2D eigenvalue weighted by Crippen LogP contribution is 2.24. The number of aromatic nitrogens is 3. The largest absolute Gasteiger partial charge is 0.369 e. The molecule has 0 amide bonds. The van der Waals surface area contributed by atoms with E-state index in [4.69, 9.17) is 0 Å². The van der Waals surface area contributed by atoms with Crippen LogP contribution < -0.4 is 5.32 Å². The van der Waals surface area contributed by atoms with Crippen molar-refractivity contribution < 1.29 is 8.42 Å². The van der Waals surface area contributed by atoms with Crippen LogP contribution in [0.25, 0.3) is 11.0 Å². The van der Waals surface area contributed by atoms with Gasteiger partial charge in [-0.3, -0.25) is 0 Å². The summed E-state index contributed by atoms with van der Waals surface area (Å²) in [5, 5.41) is 4.28. The van der Waals surface area contributed by atoms with E-state index in [-0.39, 0.29) is 6.04 Å². The molecule has 1 fully saturated rings. The molecule has 1 N–H and O–H groups in total. The van der Waals surface area contributed by atoms with E-state index in [2.05, 4.69) is 20.3 Å². The highest BCUT2D eigenvalue weighted by molar-refractivity contribution is 7.88. The Bertz CT molecular complexity index is 869. The lowest BCUT2D eigenvalue weighted by Gasteiger charge is -2.33. The fraction of sp³-hybridized carbons (Fsp3) is 0.588. The van der Waals surface area contributed by atoms with Gasteiger partial charge in [0.15, 0.2) is 5.65 Å². The van der Waals surface area contributed by atoms with E-state index in [1.807, 2.05) is 19.9 Å². The maximum atomic E-state index is 12.0. The molecule has 3 rings (SSSR count). The van der Waals surface area contributed by atoms with Crippen LogP contribution >= 0.6 is 0 Å². The van der Waals surface area contributed by atoms with Crippen molar-refractivity contribution >= 4 is 26.9 Å². The van der Waals surface area contributed by atoms with Gasteiger partial charge in [0.05, 0.1) is 11.6 Å². The zero-order valence-electron chi connectivity index (χ0n) is 15.0. The number of sulfonamides is 1. The molecule has 0 aromatic carbocycles. The molecule has 136 valence electrons. The Morgan fingerprint density at radius 1 is 1.28 bits per heavy atom. The van der Waals surface area contributed by atoms with E-state index < -0.39 is 10.0 Å². The van der Waals surface area contributed by atoms with Crippen LogP contribution in [-0.2, 0) is 10.0 Å². The molecule has 2 aromatic rings. The molecule has 2 aromatic heterocycles. The molecule has 25 heavy (non-hydrogen) atoms. The molecule has 0 aliphatic carbocycles. The molecule has 1 aliphatic rings. The van der Waals surface area contributed by atoms with E-state index in [0.29, 0.717) is 18.7 Å². The van der Waals surface area contributed by atoms with E-state index in [1.165, 1.54) is 12.6 Å². The first-order valence-electron chi connectivity index (χ1n) is 8.66. The lowest BCUT2D eigenvalue weighted by Crippen LogP contribution is -2.43. The fourth-order valence-electron chi connectivity index (χ4n) is 3.60. The monoisotopic (exact) mass is 363 g/mol. The average Bonchev–Trinajstić information content (AvgIpc) is 2.54. The maximum Gasteiger partial charge on any atom is 0.211 e. The molecule has 7 nitrogen and oxygen atoms in total. The van der Waals surface area contributed by atoms with E-state index >= 15 is 0 Å². The van der Waals surface area contributed by atoms with Crippen molar-refractivity contribution in [3.63, 3.8) is 0 Å². The first-order valence-corrected chi connectivity index (χ1v) is 10.5. The van der Waals surface area contributed by atoms with Crippen molar-refractivity contribution in [2.24, 2.45) is 0 Å². The average molecular weight is 363 g/mol. The molecule has 0 bridgehead atoms. The molecule has 0 saturated carbocycles. The van der Waals surface area contributed by atoms with E-state index in [0.717, 1.165) is 48.1 Å². The van der Waals surface area contributed by atoms with Crippen molar-refractivity contribution in [2.75, 3.05) is 24.7 Å². The number of pyridine rings is 1. The summed E-state index contributed by atoms with van der Waals surface area (Å²) in [5.74, 6) is 0.761. The normalized spacial score (nSPS) is 19.2. The second kappa shape index (κ2) is 7.21. The number of nitrogens with zero attached hydrogens (tertiary/aromatic N) is 4. The quantitative estimate of drug-likeness (QED) is 0.877. The van der Waals surface area contributed by atoms with Gasteiger partial charge in [0, 0.05) is 24.8 Å². The second-order valence-corrected chi connectivity index (χ2v) is 8.68. The number of hydrogen-bond donors (Lipinski definition) is 1. The number of piperidine rings is 1. The number of anilines is 1. The minimum absolute atomic E-state index is 0.0609. The topological polar surface area (TPSA) is 88.1 Å². The molecule has 1 aliphatic heterocycles. The summed E-state index contributed by atoms with van der Waals surface area (Å²) in [6, 6.07) is 2.08. The molecular weight excluding hydrogens is 338 g/mol. The van der Waals surface area contributed by atoms with Gasteiger partial charge in [-0.2, -0.15) is 4.31 Å². The third-order valence-corrected chi connectivity index (χ3v) is 6.03. The van der Waals surface area contributed by atoms with Gasteiger partial charge in [0.2, 0.25) is 10.0 Å². The Hall–Kier alpha value is -1.80. The van der Waals surface area contributed by atoms with Crippen molar-refractivity contribution in [1.82, 2.24) is 19.3 Å². The highest BCUT2D eigenvalue weighted by Gasteiger charge is 2.28. The number of nitrogens with one attached hydrogen (secondary N) is 1. The first-order chi connectivity index (χ1) is 11.9. The van der Waals surface area contributed by atoms with Crippen molar-refractivity contribution in [2.45, 2.75) is 45.6 Å². The third kappa shape index (κ3) is 4.07. The lowest BCUT2D eigenvalue weighted by atomic mass is 10.0. The third-order valence-electron chi connectivity index (χ3n) is 4.70. The maximum absolute atomic E-state index is 12.0. The molecule has 8 heteroatoms. The summed E-state index contributed by atoms with van der Waals surface area (Å²) in [4.78, 5) is 13.1. The van der Waals surface area contributed by atoms with Crippen LogP contribution in [0.15, 0.2) is 12.4 Å². The van der Waals surface area contributed by atoms with Gasteiger partial charge in [-0.05, 0) is 44.7 Å². The Kier molecular flexibility index (Phi) is 5.19. The molecule has 0 unspecified atom stereocenters. The number of hydrogen-bond acceptors (Lipinski definition) is 6. The summed E-state index contributed by atoms with van der Waals surface area (Å²) in [6.45, 7) is 5.26. The minimum Gasteiger partial charge on any atom is -0.369 e. The molecule has 1 atom stereocenters. The predicted molar refractivity (Wildman–Crippen MR) is 99.1 cm³/mol. The van der Waals surface area contributed by atoms with Gasteiger partial charge in [0.25, 0.3) is 0 Å². The van der Waals surface area contributed by atoms with Crippen LogP contribution in [0.3, 0.4) is 0 Å². The van der Waals surface area contributed by atoms with Crippen LogP contribution in [0.1, 0.15) is 36.9 Å². The molecular formula is C17H25N5O2S. The minimum atomic E-state index is -3.15. The SMILES string of the molecule is Cc1cc(C)c2c(NCC[C@H]3CCCCN3S(C)(=O)=O)ncnc2n1. The summed E-state index contributed by atoms with van der Waals surface area (Å²) < 4.78 is 25.6. The standard InChI is InChI=1S/C17H25N5O2S/c1-12-10-13(2)21-17-15(12)16(19-11-20-17)18-8-7-14-6-4-5-9-22(14)25(3,23)24/h10-11,14H,4-9H2,1-3H3,(H,18,19,20,21)/t14-/m1/s1. The number of fused-ring (bicyclic) bond motifs is 1. The number of aryl methyl sites for hydroxylation is 2. The summed E-state index contributed by atoms with van der Waals surface area (Å²) in [7, 11) is -3.15. The second-order valence-electron chi connectivity index (χ2n) is 6.74. The Morgan fingerprint density at radius 3 is 2.84 bits per heavy atom.